The van der Waals surface area contributed by atoms with E-state index >= 15 is 0 Å². The maximum absolute atomic E-state index is 3.99. The van der Waals surface area contributed by atoms with Crippen molar-refractivity contribution in [2.45, 2.75) is 90.9 Å². The van der Waals surface area contributed by atoms with E-state index in [0.717, 1.165) is 23.7 Å². The van der Waals surface area contributed by atoms with Crippen molar-refractivity contribution in [1.82, 2.24) is 4.72 Å². The molecule has 2 aliphatic carbocycles. The van der Waals surface area contributed by atoms with Crippen molar-refractivity contribution in [2.24, 2.45) is 23.7 Å². The van der Waals surface area contributed by atoms with Crippen LogP contribution in [0.4, 0.5) is 0 Å². The van der Waals surface area contributed by atoms with Gasteiger partial charge in [-0.15, -0.1) is 0 Å². The molecule has 4 unspecified atom stereocenters. The molecule has 0 aromatic heterocycles. The fourth-order valence-electron chi connectivity index (χ4n) is 4.69. The molecule has 1 nitrogen and oxygen atoms in total. The van der Waals surface area contributed by atoms with Gasteiger partial charge in [-0.1, -0.05) is 90.2 Å². The normalized spacial score (nSPS) is 29.8. The summed E-state index contributed by atoms with van der Waals surface area (Å²) >= 11 is 2.04. The molecule has 0 bridgehead atoms. The monoisotopic (exact) mass is 375 g/mol. The third-order valence-electron chi connectivity index (χ3n) is 6.21. The lowest BCUT2D eigenvalue weighted by Crippen LogP contribution is -2.44. The highest BCUT2D eigenvalue weighted by molar-refractivity contribution is 7.98. The van der Waals surface area contributed by atoms with E-state index in [1.807, 2.05) is 25.8 Å². The van der Waals surface area contributed by atoms with Gasteiger partial charge in [-0.05, 0) is 61.3 Å². The number of benzene rings is 1. The molecule has 0 radical (unpaired) electrons. The van der Waals surface area contributed by atoms with Gasteiger partial charge in [-0.25, -0.2) is 0 Å². The van der Waals surface area contributed by atoms with Crippen LogP contribution in [-0.2, 0) is 4.75 Å². The predicted molar refractivity (Wildman–Crippen MR) is 118 cm³/mol. The van der Waals surface area contributed by atoms with Gasteiger partial charge in [-0.2, -0.15) is 0 Å². The Hall–Kier alpha value is -0.470. The van der Waals surface area contributed by atoms with Crippen molar-refractivity contribution < 1.29 is 0 Å². The van der Waals surface area contributed by atoms with Gasteiger partial charge in [0, 0.05) is 6.04 Å². The van der Waals surface area contributed by atoms with Crippen LogP contribution in [0, 0.1) is 23.7 Å². The molecule has 26 heavy (non-hydrogen) atoms. The van der Waals surface area contributed by atoms with Gasteiger partial charge in [0.05, 0.1) is 4.75 Å². The molecular formula is C24H41NS. The molecule has 0 heterocycles. The van der Waals surface area contributed by atoms with Gasteiger partial charge in [0.25, 0.3) is 0 Å². The summed E-state index contributed by atoms with van der Waals surface area (Å²) in [6, 6.07) is 11.8. The lowest BCUT2D eigenvalue weighted by atomic mass is 9.69. The Morgan fingerprint density at radius 3 is 2.31 bits per heavy atom. The van der Waals surface area contributed by atoms with Gasteiger partial charge in [0.2, 0.25) is 0 Å². The van der Waals surface area contributed by atoms with Gasteiger partial charge in [-0.3, -0.25) is 4.72 Å². The van der Waals surface area contributed by atoms with Crippen molar-refractivity contribution in [2.75, 3.05) is 0 Å². The summed E-state index contributed by atoms with van der Waals surface area (Å²) in [6.45, 7) is 13.6. The Labute approximate surface area is 167 Å². The van der Waals surface area contributed by atoms with E-state index in [1.54, 1.807) is 0 Å². The molecule has 148 valence electrons. The molecule has 1 N–H and O–H groups in total. The fraction of sp³-hybridized carbons (Fsp3) is 0.750. The Balaban J connectivity index is 0.00000117. The number of rotatable bonds is 7. The second-order valence-corrected chi connectivity index (χ2v) is 9.94. The first-order chi connectivity index (χ1) is 12.5. The summed E-state index contributed by atoms with van der Waals surface area (Å²) in [6.07, 6.45) is 8.20. The van der Waals surface area contributed by atoms with Crippen molar-refractivity contribution in [3.05, 3.63) is 35.9 Å². The summed E-state index contributed by atoms with van der Waals surface area (Å²) in [5.74, 6) is 3.39. The first-order valence-corrected chi connectivity index (χ1v) is 11.8. The zero-order chi connectivity index (χ0) is 19.2. The smallest absolute Gasteiger partial charge is 0.0554 e. The summed E-state index contributed by atoms with van der Waals surface area (Å²) in [5, 5.41) is 0. The van der Waals surface area contributed by atoms with Crippen molar-refractivity contribution in [3.63, 3.8) is 0 Å². The summed E-state index contributed by atoms with van der Waals surface area (Å²) in [4.78, 5) is 0. The van der Waals surface area contributed by atoms with Crippen LogP contribution in [0.3, 0.4) is 0 Å². The molecule has 1 aromatic carbocycles. The lowest BCUT2D eigenvalue weighted by molar-refractivity contribution is 0.141. The molecule has 4 atom stereocenters. The molecule has 0 spiro atoms. The lowest BCUT2D eigenvalue weighted by Gasteiger charge is -2.42. The Kier molecular flexibility index (Phi) is 8.54. The van der Waals surface area contributed by atoms with Gasteiger partial charge >= 0.3 is 0 Å². The molecular weight excluding hydrogens is 334 g/mol. The average Bonchev–Trinajstić information content (AvgIpc) is 3.44. The Bertz CT molecular complexity index is 508. The van der Waals surface area contributed by atoms with Crippen LogP contribution in [-0.4, -0.2) is 6.04 Å². The molecule has 1 aromatic rings. The largest absolute Gasteiger partial charge is 0.260 e. The van der Waals surface area contributed by atoms with Gasteiger partial charge in [0.1, 0.15) is 0 Å². The van der Waals surface area contributed by atoms with E-state index in [2.05, 4.69) is 62.7 Å². The summed E-state index contributed by atoms with van der Waals surface area (Å²) in [7, 11) is 0. The van der Waals surface area contributed by atoms with Crippen LogP contribution < -0.4 is 4.72 Å². The zero-order valence-electron chi connectivity index (χ0n) is 17.9. The fourth-order valence-corrected chi connectivity index (χ4v) is 6.03. The van der Waals surface area contributed by atoms with Crippen molar-refractivity contribution >= 4 is 11.9 Å². The second kappa shape index (κ2) is 10.2. The van der Waals surface area contributed by atoms with Crippen molar-refractivity contribution in [3.8, 4) is 0 Å². The molecule has 2 heteroatoms. The van der Waals surface area contributed by atoms with Crippen LogP contribution >= 0.6 is 11.9 Å². The SMILES string of the molecule is CC.CCC1CC(C)C(NSC2(c3ccccc3)CC2)C(CC(C)C)C1. The van der Waals surface area contributed by atoms with E-state index in [4.69, 9.17) is 0 Å². The van der Waals surface area contributed by atoms with Crippen LogP contribution in [0.1, 0.15) is 85.6 Å². The predicted octanol–water partition coefficient (Wildman–Crippen LogP) is 7.43. The summed E-state index contributed by atoms with van der Waals surface area (Å²) in [5.41, 5.74) is 1.51. The number of nitrogens with one attached hydrogen (secondary N) is 1. The quantitative estimate of drug-likeness (QED) is 0.497. The Morgan fingerprint density at radius 2 is 1.77 bits per heavy atom. The highest BCUT2D eigenvalue weighted by Gasteiger charge is 2.46. The number of hydrogen-bond acceptors (Lipinski definition) is 2. The van der Waals surface area contributed by atoms with Crippen LogP contribution in [0.5, 0.6) is 0 Å². The highest BCUT2D eigenvalue weighted by Crippen LogP contribution is 2.56. The van der Waals surface area contributed by atoms with E-state index in [9.17, 15) is 0 Å². The maximum Gasteiger partial charge on any atom is 0.0554 e. The van der Waals surface area contributed by atoms with Crippen LogP contribution in [0.2, 0.25) is 0 Å². The van der Waals surface area contributed by atoms with Crippen LogP contribution in [0.25, 0.3) is 0 Å². The van der Waals surface area contributed by atoms with E-state index < -0.39 is 0 Å². The molecule has 2 fully saturated rings. The molecule has 0 amide bonds. The van der Waals surface area contributed by atoms with E-state index in [0.29, 0.717) is 10.8 Å². The molecule has 2 saturated carbocycles. The topological polar surface area (TPSA) is 12.0 Å². The minimum absolute atomic E-state index is 0.352. The zero-order valence-corrected chi connectivity index (χ0v) is 18.7. The van der Waals surface area contributed by atoms with Crippen LogP contribution in [0.15, 0.2) is 30.3 Å². The third kappa shape index (κ3) is 5.52. The van der Waals surface area contributed by atoms with E-state index in [-0.39, 0.29) is 0 Å². The Morgan fingerprint density at radius 1 is 1.12 bits per heavy atom. The number of hydrogen-bond donors (Lipinski definition) is 1. The molecule has 0 aliphatic heterocycles. The second-order valence-electron chi connectivity index (χ2n) is 8.72. The summed E-state index contributed by atoms with van der Waals surface area (Å²) < 4.78 is 4.34. The molecule has 0 saturated heterocycles. The minimum Gasteiger partial charge on any atom is -0.260 e. The first kappa shape index (κ1) is 21.8. The van der Waals surface area contributed by atoms with Gasteiger partial charge < -0.3 is 0 Å². The molecule has 2 aliphatic rings. The standard InChI is InChI=1S/C22H35NS.C2H6/c1-5-18-14-17(4)21(19(15-18)13-16(2)3)23-24-22(11-12-22)20-9-7-6-8-10-20;1-2/h6-10,16-19,21,23H,5,11-15H2,1-4H3;1-2H3. The maximum atomic E-state index is 3.99. The first-order valence-electron chi connectivity index (χ1n) is 11.0. The molecule has 3 rings (SSSR count). The minimum atomic E-state index is 0.352. The third-order valence-corrected chi connectivity index (χ3v) is 7.63. The average molecular weight is 376 g/mol. The van der Waals surface area contributed by atoms with Crippen molar-refractivity contribution in [1.29, 1.82) is 0 Å². The van der Waals surface area contributed by atoms with Gasteiger partial charge in [0.15, 0.2) is 0 Å². The van der Waals surface area contributed by atoms with E-state index in [1.165, 1.54) is 44.1 Å². The highest BCUT2D eigenvalue weighted by atomic mass is 32.2.